The van der Waals surface area contributed by atoms with Crippen molar-refractivity contribution in [2.24, 2.45) is 0 Å². The van der Waals surface area contributed by atoms with Crippen molar-refractivity contribution in [3.05, 3.63) is 10.5 Å². The number of fused-ring (bicyclic) bond motifs is 1. The Bertz CT molecular complexity index is 385. The highest BCUT2D eigenvalue weighted by atomic mass is 16.1. The standard InChI is InChI=1S/C7H11N5O/c1-8-5-9-6-11(2)3-4-12(6)7(13)10-5/h3-4H2,1-2H3,(H,8,10,13). The van der Waals surface area contributed by atoms with Gasteiger partial charge >= 0.3 is 5.69 Å². The van der Waals surface area contributed by atoms with E-state index in [4.69, 9.17) is 0 Å². The molecule has 70 valence electrons. The normalized spacial score (nSPS) is 14.5. The third kappa shape index (κ3) is 1.14. The molecule has 13 heavy (non-hydrogen) atoms. The van der Waals surface area contributed by atoms with E-state index in [9.17, 15) is 4.79 Å². The number of nitrogens with one attached hydrogen (secondary N) is 1. The second-order valence-electron chi connectivity index (χ2n) is 2.95. The first-order valence-electron chi connectivity index (χ1n) is 4.10. The van der Waals surface area contributed by atoms with E-state index < -0.39 is 0 Å². The van der Waals surface area contributed by atoms with Crippen LogP contribution < -0.4 is 15.9 Å². The number of rotatable bonds is 1. The van der Waals surface area contributed by atoms with Crippen LogP contribution in [-0.4, -0.2) is 35.2 Å². The molecule has 2 rings (SSSR count). The Balaban J connectivity index is 2.60. The summed E-state index contributed by atoms with van der Waals surface area (Å²) in [7, 11) is 3.60. The average Bonchev–Trinajstić information content (AvgIpc) is 2.48. The van der Waals surface area contributed by atoms with Crippen molar-refractivity contribution in [1.29, 1.82) is 0 Å². The zero-order valence-corrected chi connectivity index (χ0v) is 7.61. The first-order chi connectivity index (χ1) is 6.22. The Hall–Kier alpha value is -1.59. The maximum Gasteiger partial charge on any atom is 0.353 e. The van der Waals surface area contributed by atoms with Gasteiger partial charge in [0.2, 0.25) is 11.9 Å². The summed E-state index contributed by atoms with van der Waals surface area (Å²) in [6.45, 7) is 1.49. The predicted octanol–water partition coefficient (Wildman–Crippen LogP) is -0.870. The zero-order chi connectivity index (χ0) is 9.42. The maximum atomic E-state index is 11.4. The molecular formula is C7H11N5O. The number of nitrogens with zero attached hydrogens (tertiary/aromatic N) is 4. The van der Waals surface area contributed by atoms with E-state index in [1.807, 2.05) is 11.9 Å². The molecule has 0 saturated heterocycles. The smallest absolute Gasteiger partial charge is 0.353 e. The van der Waals surface area contributed by atoms with E-state index in [-0.39, 0.29) is 5.69 Å². The summed E-state index contributed by atoms with van der Waals surface area (Å²) in [5, 5.41) is 2.76. The van der Waals surface area contributed by atoms with Crippen LogP contribution in [0.4, 0.5) is 11.9 Å². The van der Waals surface area contributed by atoms with E-state index in [1.54, 1.807) is 11.6 Å². The second kappa shape index (κ2) is 2.72. The fraction of sp³-hybridized carbons (Fsp3) is 0.571. The van der Waals surface area contributed by atoms with E-state index >= 15 is 0 Å². The average molecular weight is 181 g/mol. The maximum absolute atomic E-state index is 11.4. The summed E-state index contributed by atoms with van der Waals surface area (Å²) in [6, 6.07) is 0. The predicted molar refractivity (Wildman–Crippen MR) is 49.1 cm³/mol. The Morgan fingerprint density at radius 3 is 2.85 bits per heavy atom. The van der Waals surface area contributed by atoms with Gasteiger partial charge < -0.3 is 10.2 Å². The van der Waals surface area contributed by atoms with Crippen LogP contribution in [0.1, 0.15) is 0 Å². The number of aromatic nitrogens is 3. The summed E-state index contributed by atoms with van der Waals surface area (Å²) in [6.07, 6.45) is 0. The summed E-state index contributed by atoms with van der Waals surface area (Å²) in [4.78, 5) is 21.3. The molecule has 1 aromatic heterocycles. The monoisotopic (exact) mass is 181 g/mol. The lowest BCUT2D eigenvalue weighted by Crippen LogP contribution is -2.24. The van der Waals surface area contributed by atoms with E-state index in [2.05, 4.69) is 15.3 Å². The summed E-state index contributed by atoms with van der Waals surface area (Å²) in [5.41, 5.74) is -0.237. The number of anilines is 2. The molecule has 1 aromatic rings. The molecule has 0 aromatic carbocycles. The molecule has 0 unspecified atom stereocenters. The SMILES string of the molecule is CNc1nc2n(c(=O)n1)CCN2C. The number of likely N-dealkylation sites (N-methyl/N-ethyl adjacent to an activating group) is 1. The summed E-state index contributed by atoms with van der Waals surface area (Å²) < 4.78 is 1.57. The molecule has 1 aliphatic rings. The van der Waals surface area contributed by atoms with Gasteiger partial charge in [0.25, 0.3) is 0 Å². The largest absolute Gasteiger partial charge is 0.357 e. The van der Waals surface area contributed by atoms with Gasteiger partial charge in [0.1, 0.15) is 0 Å². The minimum atomic E-state index is -0.237. The lowest BCUT2D eigenvalue weighted by atomic mass is 10.6. The number of hydrogen-bond donors (Lipinski definition) is 1. The van der Waals surface area contributed by atoms with Crippen molar-refractivity contribution in [1.82, 2.24) is 14.5 Å². The van der Waals surface area contributed by atoms with Crippen molar-refractivity contribution in [2.75, 3.05) is 30.9 Å². The second-order valence-corrected chi connectivity index (χ2v) is 2.95. The molecular weight excluding hydrogens is 170 g/mol. The minimum absolute atomic E-state index is 0.237. The van der Waals surface area contributed by atoms with Gasteiger partial charge in [-0.3, -0.25) is 4.57 Å². The van der Waals surface area contributed by atoms with Crippen LogP contribution in [0.2, 0.25) is 0 Å². The van der Waals surface area contributed by atoms with Crippen molar-refractivity contribution in [2.45, 2.75) is 6.54 Å². The van der Waals surface area contributed by atoms with Crippen molar-refractivity contribution in [3.8, 4) is 0 Å². The third-order valence-electron chi connectivity index (χ3n) is 2.10. The first-order valence-corrected chi connectivity index (χ1v) is 4.10. The van der Waals surface area contributed by atoms with Gasteiger partial charge in [-0.1, -0.05) is 0 Å². The molecule has 2 heterocycles. The van der Waals surface area contributed by atoms with Crippen LogP contribution in [0.25, 0.3) is 0 Å². The topological polar surface area (TPSA) is 63.1 Å². The van der Waals surface area contributed by atoms with Gasteiger partial charge in [-0.05, 0) is 0 Å². The molecule has 0 saturated carbocycles. The Labute approximate surface area is 75.2 Å². The highest BCUT2D eigenvalue weighted by Gasteiger charge is 2.19. The van der Waals surface area contributed by atoms with E-state index in [0.29, 0.717) is 18.4 Å². The zero-order valence-electron chi connectivity index (χ0n) is 7.61. The molecule has 6 heteroatoms. The Morgan fingerprint density at radius 1 is 1.38 bits per heavy atom. The van der Waals surface area contributed by atoms with Crippen molar-refractivity contribution < 1.29 is 0 Å². The molecule has 0 spiro atoms. The molecule has 0 aliphatic carbocycles. The van der Waals surface area contributed by atoms with Gasteiger partial charge in [-0.2, -0.15) is 9.97 Å². The Kier molecular flexibility index (Phi) is 1.68. The molecule has 1 N–H and O–H groups in total. The summed E-state index contributed by atoms with van der Waals surface area (Å²) in [5.74, 6) is 1.06. The highest BCUT2D eigenvalue weighted by molar-refractivity contribution is 5.38. The van der Waals surface area contributed by atoms with Crippen LogP contribution >= 0.6 is 0 Å². The van der Waals surface area contributed by atoms with E-state index in [1.165, 1.54) is 0 Å². The molecule has 0 atom stereocenters. The van der Waals surface area contributed by atoms with Gasteiger partial charge in [-0.15, -0.1) is 0 Å². The van der Waals surface area contributed by atoms with Crippen molar-refractivity contribution >= 4 is 11.9 Å². The van der Waals surface area contributed by atoms with Crippen LogP contribution in [0.15, 0.2) is 4.79 Å². The van der Waals surface area contributed by atoms with Gasteiger partial charge in [0, 0.05) is 27.2 Å². The quantitative estimate of drug-likeness (QED) is 0.610. The van der Waals surface area contributed by atoms with Crippen LogP contribution in [0.5, 0.6) is 0 Å². The molecule has 0 bridgehead atoms. The van der Waals surface area contributed by atoms with E-state index in [0.717, 1.165) is 6.54 Å². The fourth-order valence-electron chi connectivity index (χ4n) is 1.37. The highest BCUT2D eigenvalue weighted by Crippen LogP contribution is 2.13. The number of hydrogen-bond acceptors (Lipinski definition) is 5. The molecule has 0 amide bonds. The van der Waals surface area contributed by atoms with Crippen LogP contribution in [0, 0.1) is 0 Å². The first kappa shape index (κ1) is 8.03. The van der Waals surface area contributed by atoms with Gasteiger partial charge in [-0.25, -0.2) is 4.79 Å². The Morgan fingerprint density at radius 2 is 2.15 bits per heavy atom. The molecule has 1 aliphatic heterocycles. The summed E-state index contributed by atoms with van der Waals surface area (Å²) >= 11 is 0. The molecule has 6 nitrogen and oxygen atoms in total. The third-order valence-corrected chi connectivity index (χ3v) is 2.10. The lowest BCUT2D eigenvalue weighted by Gasteiger charge is -2.09. The van der Waals surface area contributed by atoms with Gasteiger partial charge in [0.05, 0.1) is 0 Å². The molecule has 0 fully saturated rings. The van der Waals surface area contributed by atoms with Crippen LogP contribution in [-0.2, 0) is 6.54 Å². The lowest BCUT2D eigenvalue weighted by molar-refractivity contribution is 0.726. The van der Waals surface area contributed by atoms with Gasteiger partial charge in [0.15, 0.2) is 0 Å². The van der Waals surface area contributed by atoms with Crippen LogP contribution in [0.3, 0.4) is 0 Å². The fourth-order valence-corrected chi connectivity index (χ4v) is 1.37. The van der Waals surface area contributed by atoms with Crippen molar-refractivity contribution in [3.63, 3.8) is 0 Å². The minimum Gasteiger partial charge on any atom is -0.357 e. The molecule has 0 radical (unpaired) electrons.